The first-order chi connectivity index (χ1) is 12.3. The molecule has 1 heterocycles. The van der Waals surface area contributed by atoms with Crippen LogP contribution in [0.5, 0.6) is 0 Å². The summed E-state index contributed by atoms with van der Waals surface area (Å²) in [6, 6.07) is 16.2. The monoisotopic (exact) mass is 403 g/mol. The maximum absolute atomic E-state index is 12.9. The van der Waals surface area contributed by atoms with Gasteiger partial charge in [0.2, 0.25) is 10.0 Å². The lowest BCUT2D eigenvalue weighted by Gasteiger charge is -2.25. The van der Waals surface area contributed by atoms with Gasteiger partial charge in [-0.1, -0.05) is 59.8 Å². The first-order valence-electron chi connectivity index (χ1n) is 7.87. The molecule has 26 heavy (non-hydrogen) atoms. The molecule has 3 aromatic rings. The van der Waals surface area contributed by atoms with Gasteiger partial charge < -0.3 is 0 Å². The van der Waals surface area contributed by atoms with E-state index >= 15 is 0 Å². The molecule has 0 amide bonds. The van der Waals surface area contributed by atoms with E-state index in [9.17, 15) is 13.2 Å². The van der Waals surface area contributed by atoms with Crippen LogP contribution in [0.4, 0.5) is 0 Å². The molecule has 0 aliphatic carbocycles. The quantitative estimate of drug-likeness (QED) is 0.644. The van der Waals surface area contributed by atoms with Crippen LogP contribution >= 0.6 is 23.4 Å². The van der Waals surface area contributed by atoms with E-state index in [1.54, 1.807) is 25.1 Å². The fourth-order valence-corrected chi connectivity index (χ4v) is 6.20. The third-order valence-corrected chi connectivity index (χ3v) is 7.60. The molecule has 1 atom stereocenters. The Morgan fingerprint density at radius 1 is 1.08 bits per heavy atom. The fourth-order valence-electron chi connectivity index (χ4n) is 2.90. The summed E-state index contributed by atoms with van der Waals surface area (Å²) in [6.07, 6.45) is 0. The number of nitrogens with one attached hydrogen (secondary N) is 1. The van der Waals surface area contributed by atoms with Crippen molar-refractivity contribution in [1.82, 2.24) is 4.72 Å². The van der Waals surface area contributed by atoms with E-state index in [0.717, 1.165) is 10.8 Å². The lowest BCUT2D eigenvalue weighted by molar-refractivity contribution is 0.0985. The zero-order valence-electron chi connectivity index (χ0n) is 13.7. The summed E-state index contributed by atoms with van der Waals surface area (Å²) in [5.74, 6) is -0.285. The van der Waals surface area contributed by atoms with Crippen LogP contribution in [-0.4, -0.2) is 19.6 Å². The molecule has 4 rings (SSSR count). The van der Waals surface area contributed by atoms with Crippen LogP contribution in [0.3, 0.4) is 0 Å². The smallest absolute Gasteiger partial charge is 0.243 e. The maximum Gasteiger partial charge on any atom is 0.243 e. The highest BCUT2D eigenvalue weighted by Crippen LogP contribution is 2.38. The number of hydrogen-bond acceptors (Lipinski definition) is 4. The number of hydrogen-bond donors (Lipinski definition) is 1. The summed E-state index contributed by atoms with van der Waals surface area (Å²) in [4.78, 5) is 13.6. The first kappa shape index (κ1) is 17.5. The van der Waals surface area contributed by atoms with Crippen LogP contribution < -0.4 is 4.72 Å². The SMILES string of the molecule is Cc1cc2c(cc1Cl)SC(C(=O)c1ccc3ccccc3c1)NS2(=O)=O. The number of ketones is 1. The number of aryl methyl sites for hydroxylation is 1. The molecule has 0 spiro atoms. The zero-order valence-corrected chi connectivity index (χ0v) is 16.1. The van der Waals surface area contributed by atoms with E-state index in [4.69, 9.17) is 11.6 Å². The molecule has 1 aliphatic heterocycles. The van der Waals surface area contributed by atoms with Crippen LogP contribution in [-0.2, 0) is 10.0 Å². The number of rotatable bonds is 2. The van der Waals surface area contributed by atoms with Crippen molar-refractivity contribution >= 4 is 49.9 Å². The number of Topliss-reactive ketones (excluding diaryl/α,β-unsaturated/α-hetero) is 1. The van der Waals surface area contributed by atoms with Crippen LogP contribution in [0.15, 0.2) is 64.4 Å². The number of carbonyl (C=O) groups is 1. The third kappa shape index (κ3) is 3.03. The van der Waals surface area contributed by atoms with Gasteiger partial charge in [0.15, 0.2) is 5.78 Å². The molecule has 0 aromatic heterocycles. The Kier molecular flexibility index (Phi) is 4.31. The highest BCUT2D eigenvalue weighted by molar-refractivity contribution is 8.03. The van der Waals surface area contributed by atoms with Gasteiger partial charge in [0, 0.05) is 15.5 Å². The van der Waals surface area contributed by atoms with Crippen LogP contribution in [0.2, 0.25) is 5.02 Å². The Labute approximate surface area is 160 Å². The van der Waals surface area contributed by atoms with E-state index < -0.39 is 15.4 Å². The molecule has 0 fully saturated rings. The van der Waals surface area contributed by atoms with E-state index in [1.807, 2.05) is 30.3 Å². The summed E-state index contributed by atoms with van der Waals surface area (Å²) >= 11 is 7.30. The molecule has 7 heteroatoms. The van der Waals surface area contributed by atoms with Crippen molar-refractivity contribution in [3.8, 4) is 0 Å². The van der Waals surface area contributed by atoms with Gasteiger partial charge >= 0.3 is 0 Å². The number of thioether (sulfide) groups is 1. The number of fused-ring (bicyclic) bond motifs is 2. The summed E-state index contributed by atoms with van der Waals surface area (Å²) in [7, 11) is -3.78. The molecule has 4 nitrogen and oxygen atoms in total. The minimum atomic E-state index is -3.78. The standard InChI is InChI=1S/C19H14ClNO3S2/c1-11-8-17-16(10-15(11)20)25-19(21-26(17,23)24)18(22)14-7-6-12-4-2-3-5-13(12)9-14/h2-10,19,21H,1H3. The summed E-state index contributed by atoms with van der Waals surface area (Å²) in [5.41, 5.74) is 1.14. The molecule has 3 aromatic carbocycles. The number of carbonyl (C=O) groups excluding carboxylic acids is 1. The molecule has 0 radical (unpaired) electrons. The third-order valence-electron chi connectivity index (χ3n) is 4.29. The molecule has 1 N–H and O–H groups in total. The second kappa shape index (κ2) is 6.39. The van der Waals surface area contributed by atoms with Crippen molar-refractivity contribution in [2.24, 2.45) is 0 Å². The zero-order chi connectivity index (χ0) is 18.5. The topological polar surface area (TPSA) is 63.2 Å². The summed E-state index contributed by atoms with van der Waals surface area (Å²) < 4.78 is 27.6. The van der Waals surface area contributed by atoms with Crippen molar-refractivity contribution in [3.63, 3.8) is 0 Å². The van der Waals surface area contributed by atoms with Gasteiger partial charge in [-0.2, -0.15) is 4.72 Å². The van der Waals surface area contributed by atoms with Gasteiger partial charge in [-0.15, -0.1) is 0 Å². The lowest BCUT2D eigenvalue weighted by Crippen LogP contribution is -2.41. The molecule has 132 valence electrons. The van der Waals surface area contributed by atoms with E-state index in [0.29, 0.717) is 21.0 Å². The minimum Gasteiger partial charge on any atom is -0.291 e. The molecule has 0 bridgehead atoms. The van der Waals surface area contributed by atoms with E-state index in [1.165, 1.54) is 17.8 Å². The van der Waals surface area contributed by atoms with Gasteiger partial charge in [0.05, 0.1) is 4.90 Å². The Morgan fingerprint density at radius 3 is 2.58 bits per heavy atom. The van der Waals surface area contributed by atoms with Crippen molar-refractivity contribution < 1.29 is 13.2 Å². The molecular weight excluding hydrogens is 390 g/mol. The Morgan fingerprint density at radius 2 is 1.81 bits per heavy atom. The van der Waals surface area contributed by atoms with Crippen LogP contribution in [0.1, 0.15) is 15.9 Å². The minimum absolute atomic E-state index is 0.159. The highest BCUT2D eigenvalue weighted by atomic mass is 35.5. The van der Waals surface area contributed by atoms with Crippen molar-refractivity contribution in [3.05, 3.63) is 70.7 Å². The normalized spacial score (nSPS) is 18.5. The van der Waals surface area contributed by atoms with Gasteiger partial charge in [-0.25, -0.2) is 8.42 Å². The highest BCUT2D eigenvalue weighted by Gasteiger charge is 2.35. The Balaban J connectivity index is 1.73. The van der Waals surface area contributed by atoms with E-state index in [2.05, 4.69) is 4.72 Å². The van der Waals surface area contributed by atoms with Gasteiger partial charge in [-0.05, 0) is 41.5 Å². The summed E-state index contributed by atoms with van der Waals surface area (Å²) in [6.45, 7) is 1.75. The average molecular weight is 404 g/mol. The molecular formula is C19H14ClNO3S2. The lowest BCUT2D eigenvalue weighted by atomic mass is 10.0. The van der Waals surface area contributed by atoms with Crippen LogP contribution in [0.25, 0.3) is 10.8 Å². The predicted octanol–water partition coefficient (Wildman–Crippen LogP) is 4.39. The first-order valence-corrected chi connectivity index (χ1v) is 10.6. The predicted molar refractivity (Wildman–Crippen MR) is 104 cm³/mol. The molecule has 0 saturated heterocycles. The number of sulfonamides is 1. The second-order valence-electron chi connectivity index (χ2n) is 6.09. The van der Waals surface area contributed by atoms with Gasteiger partial charge in [0.1, 0.15) is 5.37 Å². The molecule has 0 saturated carbocycles. The largest absolute Gasteiger partial charge is 0.291 e. The second-order valence-corrected chi connectivity index (χ2v) is 9.33. The maximum atomic E-state index is 12.9. The Bertz CT molecular complexity index is 1160. The average Bonchev–Trinajstić information content (AvgIpc) is 2.62. The van der Waals surface area contributed by atoms with Gasteiger partial charge in [0.25, 0.3) is 0 Å². The molecule has 1 aliphatic rings. The van der Waals surface area contributed by atoms with Crippen LogP contribution in [0, 0.1) is 6.92 Å². The van der Waals surface area contributed by atoms with E-state index in [-0.39, 0.29) is 10.7 Å². The Hall–Kier alpha value is -1.86. The number of halogens is 1. The number of benzene rings is 3. The van der Waals surface area contributed by atoms with Crippen molar-refractivity contribution in [1.29, 1.82) is 0 Å². The van der Waals surface area contributed by atoms with Crippen molar-refractivity contribution in [2.45, 2.75) is 22.1 Å². The summed E-state index contributed by atoms with van der Waals surface area (Å²) in [5, 5.41) is 1.51. The van der Waals surface area contributed by atoms with Gasteiger partial charge in [-0.3, -0.25) is 4.79 Å². The molecule has 1 unspecified atom stereocenters. The fraction of sp³-hybridized carbons (Fsp3) is 0.105. The van der Waals surface area contributed by atoms with Crippen molar-refractivity contribution in [2.75, 3.05) is 0 Å².